The minimum absolute atomic E-state index is 0.00738. The van der Waals surface area contributed by atoms with Gasteiger partial charge in [0.1, 0.15) is 23.4 Å². The van der Waals surface area contributed by atoms with Gasteiger partial charge in [-0.05, 0) is 55.3 Å². The first-order valence-electron chi connectivity index (χ1n) is 12.8. The van der Waals surface area contributed by atoms with Gasteiger partial charge in [0, 0.05) is 24.0 Å². The van der Waals surface area contributed by atoms with Crippen molar-refractivity contribution >= 4 is 29.3 Å². The molecule has 1 N–H and O–H groups in total. The third-order valence-electron chi connectivity index (χ3n) is 6.21. The summed E-state index contributed by atoms with van der Waals surface area (Å²) in [6.45, 7) is 3.87. The van der Waals surface area contributed by atoms with E-state index in [0.29, 0.717) is 27.9 Å². The van der Waals surface area contributed by atoms with Crippen molar-refractivity contribution in [3.63, 3.8) is 0 Å². The summed E-state index contributed by atoms with van der Waals surface area (Å²) in [5.41, 5.74) is 3.27. The van der Waals surface area contributed by atoms with Gasteiger partial charge < -0.3 is 19.7 Å². The molecule has 41 heavy (non-hydrogen) atoms. The molecule has 4 rings (SSSR count). The van der Waals surface area contributed by atoms with Crippen LogP contribution in [0.2, 0.25) is 0 Å². The molecule has 3 aromatic carbocycles. The fourth-order valence-electron chi connectivity index (χ4n) is 4.29. The number of hydrogen-bond acceptors (Lipinski definition) is 7. The van der Waals surface area contributed by atoms with Gasteiger partial charge in [-0.2, -0.15) is 0 Å². The molecule has 10 heteroatoms. The lowest BCUT2D eigenvalue weighted by atomic mass is 10.0. The molecule has 0 saturated carbocycles. The lowest BCUT2D eigenvalue weighted by molar-refractivity contribution is -0.137. The molecular weight excluding hydrogens is 543 g/mol. The molecular formula is C31H31FN4O4S. The SMILES string of the molecule is COc1ccc(NC(=O)C(c2ccc(F)cc2)N(Cc2ccccc2)C(=O)CSc2nc(C)cc(C)n2)c(OC)c1. The van der Waals surface area contributed by atoms with Crippen LogP contribution in [0, 0.1) is 19.7 Å². The van der Waals surface area contributed by atoms with E-state index in [0.717, 1.165) is 17.0 Å². The number of thioether (sulfide) groups is 1. The first kappa shape index (κ1) is 29.5. The Morgan fingerprint density at radius 2 is 1.61 bits per heavy atom. The van der Waals surface area contributed by atoms with Gasteiger partial charge in [-0.1, -0.05) is 54.2 Å². The smallest absolute Gasteiger partial charge is 0.251 e. The number of aromatic nitrogens is 2. The summed E-state index contributed by atoms with van der Waals surface area (Å²) in [6, 6.07) is 20.7. The molecule has 0 aliphatic heterocycles. The zero-order valence-corrected chi connectivity index (χ0v) is 24.1. The highest BCUT2D eigenvalue weighted by atomic mass is 32.2. The van der Waals surface area contributed by atoms with Crippen molar-refractivity contribution in [2.45, 2.75) is 31.6 Å². The molecule has 0 aliphatic rings. The summed E-state index contributed by atoms with van der Waals surface area (Å²) in [6.07, 6.45) is 0. The average molecular weight is 575 g/mol. The second-order valence-corrected chi connectivity index (χ2v) is 10.2. The van der Waals surface area contributed by atoms with Crippen LogP contribution in [0.4, 0.5) is 10.1 Å². The number of amides is 2. The lowest BCUT2D eigenvalue weighted by Crippen LogP contribution is -2.42. The van der Waals surface area contributed by atoms with Crippen molar-refractivity contribution < 1.29 is 23.5 Å². The maximum Gasteiger partial charge on any atom is 0.251 e. The number of halogens is 1. The van der Waals surface area contributed by atoms with Gasteiger partial charge in [-0.15, -0.1) is 0 Å². The summed E-state index contributed by atoms with van der Waals surface area (Å²) in [4.78, 5) is 38.2. The van der Waals surface area contributed by atoms with Gasteiger partial charge in [-0.25, -0.2) is 14.4 Å². The molecule has 0 spiro atoms. The second kappa shape index (κ2) is 13.8. The van der Waals surface area contributed by atoms with Crippen molar-refractivity contribution in [1.29, 1.82) is 0 Å². The maximum absolute atomic E-state index is 14.0. The Morgan fingerprint density at radius 3 is 2.24 bits per heavy atom. The minimum atomic E-state index is -1.09. The Morgan fingerprint density at radius 1 is 0.927 bits per heavy atom. The standard InChI is InChI=1S/C31H31FN4O4S/c1-20-16-21(2)34-31(33-20)41-19-28(37)36(18-22-8-6-5-7-9-22)29(23-10-12-24(32)13-11-23)30(38)35-26-15-14-25(39-3)17-27(26)40-4/h5-17,29H,18-19H2,1-4H3,(H,35,38). The molecule has 1 aromatic heterocycles. The summed E-state index contributed by atoms with van der Waals surface area (Å²) in [7, 11) is 3.02. The van der Waals surface area contributed by atoms with Crippen LogP contribution >= 0.6 is 11.8 Å². The fraction of sp³-hybridized carbons (Fsp3) is 0.226. The molecule has 0 aliphatic carbocycles. The predicted molar refractivity (Wildman–Crippen MR) is 157 cm³/mol. The lowest BCUT2D eigenvalue weighted by Gasteiger charge is -2.31. The van der Waals surface area contributed by atoms with Crippen LogP contribution in [-0.4, -0.2) is 46.7 Å². The van der Waals surface area contributed by atoms with Gasteiger partial charge >= 0.3 is 0 Å². The fourth-order valence-corrected chi connectivity index (χ4v) is 5.13. The Kier molecular flexibility index (Phi) is 9.91. The number of benzene rings is 3. The molecule has 212 valence electrons. The second-order valence-electron chi connectivity index (χ2n) is 9.24. The highest BCUT2D eigenvalue weighted by Gasteiger charge is 2.32. The maximum atomic E-state index is 14.0. The Bertz CT molecular complexity index is 1480. The first-order chi connectivity index (χ1) is 19.8. The number of ether oxygens (including phenoxy) is 2. The average Bonchev–Trinajstić information content (AvgIpc) is 2.96. The number of methoxy groups -OCH3 is 2. The molecule has 8 nitrogen and oxygen atoms in total. The number of hydrogen-bond donors (Lipinski definition) is 1. The molecule has 0 bridgehead atoms. The molecule has 0 saturated heterocycles. The van der Waals surface area contributed by atoms with E-state index >= 15 is 0 Å². The number of rotatable bonds is 11. The summed E-state index contributed by atoms with van der Waals surface area (Å²) in [5, 5.41) is 3.37. The van der Waals surface area contributed by atoms with E-state index in [9.17, 15) is 14.0 Å². The van der Waals surface area contributed by atoms with E-state index in [-0.39, 0.29) is 18.2 Å². The van der Waals surface area contributed by atoms with Gasteiger partial charge in [-0.3, -0.25) is 9.59 Å². The van der Waals surface area contributed by atoms with E-state index in [4.69, 9.17) is 9.47 Å². The van der Waals surface area contributed by atoms with Crippen molar-refractivity contribution in [1.82, 2.24) is 14.9 Å². The molecule has 1 unspecified atom stereocenters. The molecule has 0 fully saturated rings. The van der Waals surface area contributed by atoms with Crippen LogP contribution in [0.5, 0.6) is 11.5 Å². The minimum Gasteiger partial charge on any atom is -0.497 e. The van der Waals surface area contributed by atoms with E-state index in [1.807, 2.05) is 50.2 Å². The van der Waals surface area contributed by atoms with Gasteiger partial charge in [0.25, 0.3) is 5.91 Å². The van der Waals surface area contributed by atoms with Crippen LogP contribution in [0.1, 0.15) is 28.6 Å². The third kappa shape index (κ3) is 7.82. The summed E-state index contributed by atoms with van der Waals surface area (Å²) < 4.78 is 24.6. The van der Waals surface area contributed by atoms with Gasteiger partial charge in [0.2, 0.25) is 5.91 Å². The zero-order chi connectivity index (χ0) is 29.4. The van der Waals surface area contributed by atoms with Crippen LogP contribution in [-0.2, 0) is 16.1 Å². The van der Waals surface area contributed by atoms with Gasteiger partial charge in [0.05, 0.1) is 25.7 Å². The number of nitrogens with one attached hydrogen (secondary N) is 1. The monoisotopic (exact) mass is 574 g/mol. The Hall–Kier alpha value is -4.44. The largest absolute Gasteiger partial charge is 0.497 e. The number of aryl methyl sites for hydroxylation is 2. The molecule has 1 atom stereocenters. The predicted octanol–water partition coefficient (Wildman–Crippen LogP) is 5.75. The van der Waals surface area contributed by atoms with Crippen molar-refractivity contribution in [2.24, 2.45) is 0 Å². The van der Waals surface area contributed by atoms with E-state index in [1.54, 1.807) is 18.2 Å². The molecule has 4 aromatic rings. The van der Waals surface area contributed by atoms with Crippen LogP contribution in [0.15, 0.2) is 84.0 Å². The zero-order valence-electron chi connectivity index (χ0n) is 23.3. The van der Waals surface area contributed by atoms with Gasteiger partial charge in [0.15, 0.2) is 5.16 Å². The molecule has 0 radical (unpaired) electrons. The Balaban J connectivity index is 1.71. The quantitative estimate of drug-likeness (QED) is 0.180. The van der Waals surface area contributed by atoms with Crippen LogP contribution in [0.25, 0.3) is 0 Å². The summed E-state index contributed by atoms with van der Waals surface area (Å²) in [5.74, 6) is -0.314. The van der Waals surface area contributed by atoms with Crippen molar-refractivity contribution in [3.8, 4) is 11.5 Å². The summed E-state index contributed by atoms with van der Waals surface area (Å²) >= 11 is 1.20. The van der Waals surface area contributed by atoms with E-state index in [1.165, 1.54) is 55.1 Å². The molecule has 1 heterocycles. The highest BCUT2D eigenvalue weighted by molar-refractivity contribution is 7.99. The van der Waals surface area contributed by atoms with E-state index in [2.05, 4.69) is 15.3 Å². The van der Waals surface area contributed by atoms with Crippen molar-refractivity contribution in [3.05, 3.63) is 107 Å². The molecule has 2 amide bonds. The van der Waals surface area contributed by atoms with Crippen LogP contribution in [0.3, 0.4) is 0 Å². The Labute approximate surface area is 242 Å². The van der Waals surface area contributed by atoms with E-state index < -0.39 is 17.8 Å². The van der Waals surface area contributed by atoms with Crippen molar-refractivity contribution in [2.75, 3.05) is 25.3 Å². The number of nitrogens with zero attached hydrogens (tertiary/aromatic N) is 3. The number of carbonyl (C=O) groups is 2. The third-order valence-corrected chi connectivity index (χ3v) is 7.05. The normalized spacial score (nSPS) is 11.4. The first-order valence-corrected chi connectivity index (χ1v) is 13.8. The van der Waals surface area contributed by atoms with Crippen LogP contribution < -0.4 is 14.8 Å². The number of anilines is 1. The highest BCUT2D eigenvalue weighted by Crippen LogP contribution is 2.32. The number of carbonyl (C=O) groups excluding carboxylic acids is 2. The topological polar surface area (TPSA) is 93.7 Å².